The second kappa shape index (κ2) is 7.98. The number of carbonyl (C=O) groups excluding carboxylic acids is 2. The van der Waals surface area contributed by atoms with Crippen LogP contribution < -0.4 is 4.90 Å². The first-order valence-electron chi connectivity index (χ1n) is 10.8. The molecule has 0 N–H and O–H groups in total. The number of fused-ring (bicyclic) bond motifs is 3. The number of rotatable bonds is 4. The molecule has 0 radical (unpaired) electrons. The molecule has 0 saturated carbocycles. The van der Waals surface area contributed by atoms with Crippen molar-refractivity contribution >= 4 is 17.6 Å². The van der Waals surface area contributed by atoms with Gasteiger partial charge in [-0.05, 0) is 25.5 Å². The van der Waals surface area contributed by atoms with Crippen molar-refractivity contribution < 1.29 is 23.8 Å². The maximum Gasteiger partial charge on any atom is 0.341 e. The SMILES string of the molecule is CCOC(=O)c1c(N2CCOCC2)ccc2c1C(=O)N1[C@@H]2O[C@H](c2ccccc2)[C@@H]1C. The summed E-state index contributed by atoms with van der Waals surface area (Å²) in [7, 11) is 0. The van der Waals surface area contributed by atoms with Crippen molar-refractivity contribution in [1.82, 2.24) is 4.90 Å². The number of benzene rings is 2. The third-order valence-corrected chi connectivity index (χ3v) is 6.29. The Hall–Kier alpha value is -2.90. The van der Waals surface area contributed by atoms with Gasteiger partial charge >= 0.3 is 5.97 Å². The molecular weight excluding hydrogens is 396 g/mol. The van der Waals surface area contributed by atoms with Crippen molar-refractivity contribution in [2.24, 2.45) is 0 Å². The van der Waals surface area contributed by atoms with Gasteiger partial charge in [-0.15, -0.1) is 0 Å². The van der Waals surface area contributed by atoms with Crippen LogP contribution in [-0.4, -0.2) is 55.7 Å². The Labute approximate surface area is 181 Å². The fourth-order valence-corrected chi connectivity index (χ4v) is 4.84. The number of nitrogens with zero attached hydrogens (tertiary/aromatic N) is 2. The van der Waals surface area contributed by atoms with E-state index in [1.165, 1.54) is 0 Å². The highest BCUT2D eigenvalue weighted by Crippen LogP contribution is 2.50. The van der Waals surface area contributed by atoms with Crippen molar-refractivity contribution in [3.63, 3.8) is 0 Å². The lowest BCUT2D eigenvalue weighted by molar-refractivity contribution is 0.00910. The molecule has 0 bridgehead atoms. The van der Waals surface area contributed by atoms with E-state index in [4.69, 9.17) is 14.2 Å². The summed E-state index contributed by atoms with van der Waals surface area (Å²) in [5.74, 6) is -0.647. The van der Waals surface area contributed by atoms with Gasteiger partial charge in [0.15, 0.2) is 6.23 Å². The number of hydrogen-bond acceptors (Lipinski definition) is 6. The van der Waals surface area contributed by atoms with Crippen molar-refractivity contribution in [2.45, 2.75) is 32.2 Å². The molecule has 2 aromatic rings. The van der Waals surface area contributed by atoms with Gasteiger partial charge < -0.3 is 24.0 Å². The van der Waals surface area contributed by atoms with Crippen LogP contribution >= 0.6 is 0 Å². The lowest BCUT2D eigenvalue weighted by Crippen LogP contribution is -2.38. The fourth-order valence-electron chi connectivity index (χ4n) is 4.84. The number of carbonyl (C=O) groups is 2. The third-order valence-electron chi connectivity index (χ3n) is 6.29. The Morgan fingerprint density at radius 3 is 2.58 bits per heavy atom. The van der Waals surface area contributed by atoms with E-state index in [9.17, 15) is 9.59 Å². The normalized spacial score (nSPS) is 24.8. The van der Waals surface area contributed by atoms with Crippen molar-refractivity contribution in [2.75, 3.05) is 37.8 Å². The Morgan fingerprint density at radius 1 is 1.13 bits per heavy atom. The van der Waals surface area contributed by atoms with E-state index in [1.807, 2.05) is 49.4 Å². The summed E-state index contributed by atoms with van der Waals surface area (Å²) in [5.41, 5.74) is 3.24. The third kappa shape index (κ3) is 3.20. The maximum atomic E-state index is 13.6. The van der Waals surface area contributed by atoms with Crippen molar-refractivity contribution in [3.8, 4) is 0 Å². The van der Waals surface area contributed by atoms with E-state index in [2.05, 4.69) is 4.90 Å². The van der Waals surface area contributed by atoms with Gasteiger partial charge in [0, 0.05) is 18.7 Å². The van der Waals surface area contributed by atoms with Crippen molar-refractivity contribution in [3.05, 3.63) is 64.7 Å². The van der Waals surface area contributed by atoms with E-state index in [0.717, 1.165) is 16.8 Å². The van der Waals surface area contributed by atoms with Crippen LogP contribution in [0.15, 0.2) is 42.5 Å². The minimum absolute atomic E-state index is 0.158. The molecule has 0 aromatic heterocycles. The maximum absolute atomic E-state index is 13.6. The first kappa shape index (κ1) is 20.0. The minimum atomic E-state index is -0.505. The van der Waals surface area contributed by atoms with Gasteiger partial charge in [0.25, 0.3) is 5.91 Å². The monoisotopic (exact) mass is 422 g/mol. The quantitative estimate of drug-likeness (QED) is 0.705. The number of ether oxygens (including phenoxy) is 3. The second-order valence-electron chi connectivity index (χ2n) is 8.02. The van der Waals surface area contributed by atoms with Crippen LogP contribution in [0.3, 0.4) is 0 Å². The first-order valence-corrected chi connectivity index (χ1v) is 10.8. The number of amides is 1. The average molecular weight is 422 g/mol. The van der Waals surface area contributed by atoms with Gasteiger partial charge in [0.1, 0.15) is 6.10 Å². The minimum Gasteiger partial charge on any atom is -0.462 e. The molecule has 0 unspecified atom stereocenters. The summed E-state index contributed by atoms with van der Waals surface area (Å²) in [6, 6.07) is 13.6. The highest BCUT2D eigenvalue weighted by atomic mass is 16.5. The Kier molecular flexibility index (Phi) is 5.16. The molecule has 1 amide bonds. The zero-order chi connectivity index (χ0) is 21.5. The second-order valence-corrected chi connectivity index (χ2v) is 8.02. The summed E-state index contributed by atoms with van der Waals surface area (Å²) in [4.78, 5) is 30.5. The van der Waals surface area contributed by atoms with Crippen LogP contribution in [0.4, 0.5) is 5.69 Å². The molecule has 3 atom stereocenters. The Balaban J connectivity index is 1.58. The van der Waals surface area contributed by atoms with E-state index in [1.54, 1.807) is 11.8 Å². The van der Waals surface area contributed by atoms with E-state index in [-0.39, 0.29) is 24.7 Å². The zero-order valence-electron chi connectivity index (χ0n) is 17.7. The number of anilines is 1. The van der Waals surface area contributed by atoms with Gasteiger partial charge in [-0.25, -0.2) is 4.79 Å². The van der Waals surface area contributed by atoms with Crippen molar-refractivity contribution in [1.29, 1.82) is 0 Å². The molecule has 162 valence electrons. The van der Waals surface area contributed by atoms with Crippen LogP contribution in [-0.2, 0) is 14.2 Å². The van der Waals surface area contributed by atoms with Crippen LogP contribution in [0.2, 0.25) is 0 Å². The fraction of sp³-hybridized carbons (Fsp3) is 0.417. The Bertz CT molecular complexity index is 1000. The lowest BCUT2D eigenvalue weighted by atomic mass is 9.98. The summed E-state index contributed by atoms with van der Waals surface area (Å²) in [5, 5.41) is 0. The smallest absolute Gasteiger partial charge is 0.341 e. The van der Waals surface area contributed by atoms with Crippen LogP contribution in [0.5, 0.6) is 0 Å². The summed E-state index contributed by atoms with van der Waals surface area (Å²) < 4.78 is 17.2. The molecule has 7 heteroatoms. The molecule has 5 rings (SSSR count). The molecule has 2 saturated heterocycles. The molecule has 2 aromatic carbocycles. The molecule has 0 spiro atoms. The molecule has 3 heterocycles. The van der Waals surface area contributed by atoms with Crippen LogP contribution in [0.25, 0.3) is 0 Å². The molecule has 3 aliphatic rings. The van der Waals surface area contributed by atoms with E-state index in [0.29, 0.717) is 37.4 Å². The van der Waals surface area contributed by atoms with E-state index < -0.39 is 12.2 Å². The standard InChI is InChI=1S/C24H26N2O5/c1-3-30-24(28)20-18(25-11-13-29-14-12-25)10-9-17-19(20)22(27)26-15(2)21(31-23(17)26)16-7-5-4-6-8-16/h4-10,15,21,23H,3,11-14H2,1-2H3/t15-,21-,23+/m0/s1. The summed E-state index contributed by atoms with van der Waals surface area (Å²) >= 11 is 0. The molecule has 2 fully saturated rings. The van der Waals surface area contributed by atoms with Gasteiger partial charge in [-0.2, -0.15) is 0 Å². The average Bonchev–Trinajstić information content (AvgIpc) is 3.29. The number of hydrogen-bond donors (Lipinski definition) is 0. The molecular formula is C24H26N2O5. The summed E-state index contributed by atoms with van der Waals surface area (Å²) in [6.45, 7) is 6.50. The highest BCUT2D eigenvalue weighted by Gasteiger charge is 2.51. The van der Waals surface area contributed by atoms with Crippen LogP contribution in [0.1, 0.15) is 58.0 Å². The van der Waals surface area contributed by atoms with E-state index >= 15 is 0 Å². The predicted molar refractivity (Wildman–Crippen MR) is 114 cm³/mol. The lowest BCUT2D eigenvalue weighted by Gasteiger charge is -2.31. The van der Waals surface area contributed by atoms with Gasteiger partial charge in [0.2, 0.25) is 0 Å². The predicted octanol–water partition coefficient (Wildman–Crippen LogP) is 3.31. The Morgan fingerprint density at radius 2 is 1.87 bits per heavy atom. The zero-order valence-corrected chi connectivity index (χ0v) is 17.7. The molecule has 3 aliphatic heterocycles. The first-order chi connectivity index (χ1) is 15.1. The molecule has 31 heavy (non-hydrogen) atoms. The molecule has 7 nitrogen and oxygen atoms in total. The van der Waals surface area contributed by atoms with Crippen LogP contribution in [0, 0.1) is 0 Å². The van der Waals surface area contributed by atoms with Gasteiger partial charge in [-0.1, -0.05) is 36.4 Å². The molecule has 0 aliphatic carbocycles. The highest BCUT2D eigenvalue weighted by molar-refractivity contribution is 6.12. The summed E-state index contributed by atoms with van der Waals surface area (Å²) in [6.07, 6.45) is -0.720. The largest absolute Gasteiger partial charge is 0.462 e. The van der Waals surface area contributed by atoms with Gasteiger partial charge in [-0.3, -0.25) is 4.79 Å². The number of morpholine rings is 1. The van der Waals surface area contributed by atoms with Gasteiger partial charge in [0.05, 0.1) is 42.7 Å². The topological polar surface area (TPSA) is 68.3 Å². The number of esters is 1.